The van der Waals surface area contributed by atoms with Gasteiger partial charge in [-0.3, -0.25) is 9.59 Å². The Morgan fingerprint density at radius 1 is 0.971 bits per heavy atom. The van der Waals surface area contributed by atoms with E-state index in [1.807, 2.05) is 6.07 Å². The molecule has 2 amide bonds. The number of likely N-dealkylation sites (N-methyl/N-ethyl adjacent to an activating group) is 1. The number of rotatable bonds is 3. The van der Waals surface area contributed by atoms with E-state index in [9.17, 15) is 18.0 Å². The summed E-state index contributed by atoms with van der Waals surface area (Å²) in [6.45, 7) is 3.04. The fourth-order valence-electron chi connectivity index (χ4n) is 4.59. The molecule has 0 saturated carbocycles. The number of nitrogens with one attached hydrogen (secondary N) is 1. The van der Waals surface area contributed by atoms with E-state index in [0.717, 1.165) is 18.7 Å². The average Bonchev–Trinajstić information content (AvgIpc) is 2.92. The molecule has 0 aromatic heterocycles. The predicted octanol–water partition coefficient (Wildman–Crippen LogP) is 2.30. The van der Waals surface area contributed by atoms with Gasteiger partial charge in [0, 0.05) is 10.6 Å². The van der Waals surface area contributed by atoms with E-state index in [4.69, 9.17) is 11.6 Å². The van der Waals surface area contributed by atoms with Crippen LogP contribution in [-0.4, -0.2) is 58.4 Å². The molecule has 2 heterocycles. The lowest BCUT2D eigenvalue weighted by Crippen LogP contribution is -3.12. The quantitative estimate of drug-likeness (QED) is 0.586. The minimum atomic E-state index is -4.00. The van der Waals surface area contributed by atoms with Crippen molar-refractivity contribution < 1.29 is 22.9 Å². The topological polar surface area (TPSA) is 79.2 Å². The van der Waals surface area contributed by atoms with Gasteiger partial charge in [0.2, 0.25) is 9.84 Å². The van der Waals surface area contributed by atoms with Gasteiger partial charge < -0.3 is 14.7 Å². The van der Waals surface area contributed by atoms with E-state index in [1.165, 1.54) is 34.1 Å². The summed E-state index contributed by atoms with van der Waals surface area (Å²) in [5.41, 5.74) is 1.39. The molecule has 0 spiro atoms. The van der Waals surface area contributed by atoms with Crippen LogP contribution in [0.3, 0.4) is 0 Å². The van der Waals surface area contributed by atoms with Crippen molar-refractivity contribution in [2.24, 2.45) is 0 Å². The Morgan fingerprint density at radius 2 is 1.71 bits per heavy atom. The normalized spacial score (nSPS) is 17.5. The number of halogens is 1. The molecule has 0 aliphatic carbocycles. The maximum Gasteiger partial charge on any atom is 0.259 e. The minimum Gasteiger partial charge on any atom is -0.334 e. The average molecular weight is 511 g/mol. The molecule has 5 rings (SSSR count). The van der Waals surface area contributed by atoms with Crippen molar-refractivity contribution >= 4 is 38.9 Å². The van der Waals surface area contributed by atoms with Crippen LogP contribution in [0.4, 0.5) is 5.69 Å². The summed E-state index contributed by atoms with van der Waals surface area (Å²) in [4.78, 5) is 31.5. The lowest BCUT2D eigenvalue weighted by molar-refractivity contribution is -0.883. The van der Waals surface area contributed by atoms with Gasteiger partial charge in [-0.1, -0.05) is 35.9 Å². The van der Waals surface area contributed by atoms with Crippen LogP contribution < -0.4 is 9.80 Å². The molecule has 35 heavy (non-hydrogen) atoms. The molecule has 0 atom stereocenters. The summed E-state index contributed by atoms with van der Waals surface area (Å²) >= 11 is 6.17. The van der Waals surface area contributed by atoms with E-state index in [1.54, 1.807) is 41.3 Å². The van der Waals surface area contributed by atoms with E-state index in [0.29, 0.717) is 23.7 Å². The summed E-state index contributed by atoms with van der Waals surface area (Å²) in [5, 5.41) is 0.513. The van der Waals surface area contributed by atoms with Crippen molar-refractivity contribution in [1.29, 1.82) is 0 Å². The number of piperazine rings is 1. The van der Waals surface area contributed by atoms with Crippen molar-refractivity contribution in [3.05, 3.63) is 88.4 Å². The first-order chi connectivity index (χ1) is 16.8. The minimum absolute atomic E-state index is 0.00259. The lowest BCUT2D eigenvalue weighted by atomic mass is 10.1. The summed E-state index contributed by atoms with van der Waals surface area (Å²) in [6, 6.07) is 17.8. The van der Waals surface area contributed by atoms with Crippen LogP contribution in [0.2, 0.25) is 5.02 Å². The van der Waals surface area contributed by atoms with E-state index >= 15 is 0 Å². The van der Waals surface area contributed by atoms with Crippen LogP contribution in [0.5, 0.6) is 0 Å². The van der Waals surface area contributed by atoms with Crippen molar-refractivity contribution in [3.8, 4) is 0 Å². The predicted molar refractivity (Wildman–Crippen MR) is 133 cm³/mol. The third kappa shape index (κ3) is 4.33. The maximum absolute atomic E-state index is 13.7. The number of sulfone groups is 1. The number of nitrogens with zero attached hydrogens (tertiary/aromatic N) is 2. The van der Waals surface area contributed by atoms with Crippen LogP contribution in [0.1, 0.15) is 26.3 Å². The number of carbonyl (C=O) groups is 2. The zero-order valence-corrected chi connectivity index (χ0v) is 20.8. The fraction of sp³-hybridized carbons (Fsp3) is 0.231. The molecule has 2 aliphatic heterocycles. The Balaban J connectivity index is 1.65. The first-order valence-electron chi connectivity index (χ1n) is 11.4. The van der Waals surface area contributed by atoms with Crippen LogP contribution in [0.25, 0.3) is 0 Å². The monoisotopic (exact) mass is 510 g/mol. The first kappa shape index (κ1) is 23.5. The Hall–Kier alpha value is -3.20. The van der Waals surface area contributed by atoms with Crippen molar-refractivity contribution in [2.45, 2.75) is 16.3 Å². The second-order valence-electron chi connectivity index (χ2n) is 8.95. The van der Waals surface area contributed by atoms with E-state index in [2.05, 4.69) is 7.05 Å². The van der Waals surface area contributed by atoms with Gasteiger partial charge in [-0.05, 0) is 48.0 Å². The number of benzene rings is 3. The standard InChI is InChI=1S/C26H24ClN3O4S/c1-28-11-13-29(14-12-28)25(31)19-9-10-24-22(16-19)30(17-18-5-4-6-20(27)15-18)26(32)21-7-2-3-8-23(21)35(24,33)34/h2-10,15-16H,11-14,17H2,1H3/p+1. The van der Waals surface area contributed by atoms with Crippen LogP contribution in [0.15, 0.2) is 76.5 Å². The van der Waals surface area contributed by atoms with Gasteiger partial charge >= 0.3 is 0 Å². The highest BCUT2D eigenvalue weighted by atomic mass is 35.5. The molecule has 0 bridgehead atoms. The molecule has 1 N–H and O–H groups in total. The van der Waals surface area contributed by atoms with Gasteiger partial charge in [-0.25, -0.2) is 8.42 Å². The second-order valence-corrected chi connectivity index (χ2v) is 11.3. The van der Waals surface area contributed by atoms with Gasteiger partial charge in [0.05, 0.1) is 60.8 Å². The molecule has 3 aromatic carbocycles. The van der Waals surface area contributed by atoms with Gasteiger partial charge in [-0.2, -0.15) is 0 Å². The fourth-order valence-corrected chi connectivity index (χ4v) is 6.43. The largest absolute Gasteiger partial charge is 0.334 e. The number of amides is 2. The Morgan fingerprint density at radius 3 is 2.46 bits per heavy atom. The smallest absolute Gasteiger partial charge is 0.259 e. The summed E-state index contributed by atoms with van der Waals surface area (Å²) in [5.74, 6) is -0.620. The number of quaternary nitrogens is 1. The first-order valence-corrected chi connectivity index (χ1v) is 13.3. The second kappa shape index (κ2) is 9.11. The number of hydrogen-bond donors (Lipinski definition) is 1. The molecule has 3 aromatic rings. The summed E-state index contributed by atoms with van der Waals surface area (Å²) < 4.78 is 27.3. The van der Waals surface area contributed by atoms with Gasteiger partial charge in [-0.15, -0.1) is 0 Å². The zero-order valence-electron chi connectivity index (χ0n) is 19.2. The summed E-state index contributed by atoms with van der Waals surface area (Å²) in [6.07, 6.45) is 0. The number of fused-ring (bicyclic) bond motifs is 2. The number of anilines is 1. The number of carbonyl (C=O) groups excluding carboxylic acids is 2. The third-order valence-corrected chi connectivity index (χ3v) is 8.67. The third-order valence-electron chi connectivity index (χ3n) is 6.57. The molecule has 0 radical (unpaired) electrons. The molecule has 9 heteroatoms. The van der Waals surface area contributed by atoms with Crippen molar-refractivity contribution in [2.75, 3.05) is 38.1 Å². The molecular weight excluding hydrogens is 486 g/mol. The maximum atomic E-state index is 13.7. The molecule has 2 aliphatic rings. The molecule has 180 valence electrons. The Labute approximate surface area is 209 Å². The van der Waals surface area contributed by atoms with Crippen LogP contribution >= 0.6 is 11.6 Å². The van der Waals surface area contributed by atoms with E-state index < -0.39 is 15.7 Å². The SMILES string of the molecule is C[NH+]1CCN(C(=O)c2ccc3c(c2)N(Cc2cccc(Cl)c2)C(=O)c2ccccc2S3(=O)=O)CC1. The van der Waals surface area contributed by atoms with Gasteiger partial charge in [0.15, 0.2) is 0 Å². The van der Waals surface area contributed by atoms with Gasteiger partial charge in [0.1, 0.15) is 0 Å². The highest BCUT2D eigenvalue weighted by molar-refractivity contribution is 7.91. The molecule has 1 saturated heterocycles. The number of hydrogen-bond acceptors (Lipinski definition) is 4. The molecule has 0 unspecified atom stereocenters. The highest BCUT2D eigenvalue weighted by Gasteiger charge is 2.36. The van der Waals surface area contributed by atoms with Crippen molar-refractivity contribution in [1.82, 2.24) is 4.90 Å². The van der Waals surface area contributed by atoms with Crippen LogP contribution in [-0.2, 0) is 16.4 Å². The van der Waals surface area contributed by atoms with E-state index in [-0.39, 0.29) is 33.5 Å². The lowest BCUT2D eigenvalue weighted by Gasteiger charge is -2.30. The van der Waals surface area contributed by atoms with Crippen molar-refractivity contribution in [3.63, 3.8) is 0 Å². The van der Waals surface area contributed by atoms with Gasteiger partial charge in [0.25, 0.3) is 11.8 Å². The highest BCUT2D eigenvalue weighted by Crippen LogP contribution is 2.38. The molecular formula is C26H25ClN3O4S+. The Bertz CT molecular complexity index is 1430. The molecule has 7 nitrogen and oxygen atoms in total. The Kier molecular flexibility index (Phi) is 6.13. The molecule has 1 fully saturated rings. The zero-order chi connectivity index (χ0) is 24.7. The van der Waals surface area contributed by atoms with Crippen LogP contribution in [0, 0.1) is 0 Å². The summed E-state index contributed by atoms with van der Waals surface area (Å²) in [7, 11) is -1.91.